The van der Waals surface area contributed by atoms with E-state index in [-0.39, 0.29) is 17.8 Å². The number of benzene rings is 2. The minimum atomic E-state index is -0.345. The molecule has 0 radical (unpaired) electrons. The average molecular weight is 407 g/mol. The van der Waals surface area contributed by atoms with E-state index >= 15 is 0 Å². The molecule has 1 aromatic heterocycles. The summed E-state index contributed by atoms with van der Waals surface area (Å²) >= 11 is 0. The Morgan fingerprint density at radius 3 is 2.77 bits per heavy atom. The van der Waals surface area contributed by atoms with Crippen molar-refractivity contribution in [2.45, 2.75) is 52.4 Å². The highest BCUT2D eigenvalue weighted by atomic mass is 19.1. The predicted molar refractivity (Wildman–Crippen MR) is 113 cm³/mol. The molecule has 4 rings (SSSR count). The number of hydrogen-bond acceptors (Lipinski definition) is 3. The van der Waals surface area contributed by atoms with E-state index in [0.717, 1.165) is 41.6 Å². The Balaban J connectivity index is 1.51. The molecule has 6 heteroatoms. The molecule has 1 aliphatic rings. The van der Waals surface area contributed by atoms with Crippen LogP contribution in [0.5, 0.6) is 0 Å². The van der Waals surface area contributed by atoms with Crippen LogP contribution in [0.3, 0.4) is 0 Å². The number of para-hydroxylation sites is 1. The lowest BCUT2D eigenvalue weighted by molar-refractivity contribution is 0.0657. The fraction of sp³-hybridized carbons (Fsp3) is 0.333. The average Bonchev–Trinajstić information content (AvgIpc) is 3.34. The van der Waals surface area contributed by atoms with Crippen LogP contribution in [0.15, 0.2) is 48.5 Å². The molecule has 0 atom stereocenters. The van der Waals surface area contributed by atoms with Gasteiger partial charge in [-0.1, -0.05) is 36.4 Å². The highest BCUT2D eigenvalue weighted by Gasteiger charge is 2.27. The lowest BCUT2D eigenvalue weighted by atomic mass is 10.1. The molecule has 0 unspecified atom stereocenters. The molecule has 156 valence electrons. The number of carbonyl (C=O) groups is 1. The fourth-order valence-corrected chi connectivity index (χ4v) is 3.80. The van der Waals surface area contributed by atoms with E-state index in [9.17, 15) is 9.18 Å². The number of halogens is 1. The first-order chi connectivity index (χ1) is 14.5. The van der Waals surface area contributed by atoms with Gasteiger partial charge in [-0.25, -0.2) is 9.07 Å². The topological polar surface area (TPSA) is 56.1 Å². The third-order valence-corrected chi connectivity index (χ3v) is 5.25. The summed E-state index contributed by atoms with van der Waals surface area (Å²) in [5.41, 5.74) is 4.70. The highest BCUT2D eigenvalue weighted by molar-refractivity contribution is 5.94. The van der Waals surface area contributed by atoms with Gasteiger partial charge in [0, 0.05) is 17.8 Å². The second-order valence-corrected chi connectivity index (χ2v) is 7.85. The third-order valence-electron chi connectivity index (χ3n) is 5.25. The van der Waals surface area contributed by atoms with Crippen LogP contribution in [0.4, 0.5) is 4.39 Å². The minimum Gasteiger partial charge on any atom is -0.374 e. The molecule has 0 saturated carbocycles. The van der Waals surface area contributed by atoms with Crippen molar-refractivity contribution in [3.63, 3.8) is 0 Å². The number of nitrogens with zero attached hydrogens (tertiary/aromatic N) is 2. The summed E-state index contributed by atoms with van der Waals surface area (Å²) in [5.74, 6) is -0.575. The summed E-state index contributed by atoms with van der Waals surface area (Å²) in [4.78, 5) is 12.9. The molecule has 1 amide bonds. The standard InChI is InChI=1S/C24H26FN3O2/c1-16(2)30-15-18-8-5-7-17(13-18)14-26-24(29)23-19-9-6-12-21(19)28(27-23)22-11-4-3-10-20(22)25/h3-5,7-8,10-11,13,16H,6,9,12,14-15H2,1-2H3,(H,26,29). The number of nitrogens with one attached hydrogen (secondary N) is 1. The predicted octanol–water partition coefficient (Wildman–Crippen LogP) is 4.36. The van der Waals surface area contributed by atoms with Gasteiger partial charge in [-0.15, -0.1) is 0 Å². The molecule has 0 bridgehead atoms. The van der Waals surface area contributed by atoms with Gasteiger partial charge in [0.15, 0.2) is 5.69 Å². The monoisotopic (exact) mass is 407 g/mol. The summed E-state index contributed by atoms with van der Waals surface area (Å²) in [7, 11) is 0. The van der Waals surface area contributed by atoms with Gasteiger partial charge in [-0.3, -0.25) is 4.79 Å². The van der Waals surface area contributed by atoms with Crippen molar-refractivity contribution in [2.24, 2.45) is 0 Å². The zero-order chi connectivity index (χ0) is 21.1. The van der Waals surface area contributed by atoms with Gasteiger partial charge in [-0.2, -0.15) is 5.10 Å². The van der Waals surface area contributed by atoms with Gasteiger partial charge >= 0.3 is 0 Å². The summed E-state index contributed by atoms with van der Waals surface area (Å²) in [6, 6.07) is 14.5. The van der Waals surface area contributed by atoms with Crippen molar-refractivity contribution in [2.75, 3.05) is 0 Å². The van der Waals surface area contributed by atoms with E-state index in [0.29, 0.717) is 24.5 Å². The van der Waals surface area contributed by atoms with E-state index in [1.54, 1.807) is 22.9 Å². The molecule has 2 aromatic carbocycles. The van der Waals surface area contributed by atoms with E-state index in [1.165, 1.54) is 6.07 Å². The number of fused-ring (bicyclic) bond motifs is 1. The molecule has 1 N–H and O–H groups in total. The van der Waals surface area contributed by atoms with Gasteiger partial charge in [0.2, 0.25) is 0 Å². The molecule has 0 spiro atoms. The van der Waals surface area contributed by atoms with Crippen LogP contribution in [0, 0.1) is 5.82 Å². The first kappa shape index (κ1) is 20.3. The SMILES string of the molecule is CC(C)OCc1cccc(CNC(=O)c2nn(-c3ccccc3F)c3c2CCC3)c1. The zero-order valence-electron chi connectivity index (χ0n) is 17.3. The number of aromatic nitrogens is 2. The molecule has 30 heavy (non-hydrogen) atoms. The Kier molecular flexibility index (Phi) is 5.95. The van der Waals surface area contributed by atoms with Crippen LogP contribution < -0.4 is 5.32 Å². The minimum absolute atomic E-state index is 0.167. The normalized spacial score (nSPS) is 12.9. The van der Waals surface area contributed by atoms with Crippen molar-refractivity contribution >= 4 is 5.91 Å². The summed E-state index contributed by atoms with van der Waals surface area (Å²) < 4.78 is 21.5. The molecular weight excluding hydrogens is 381 g/mol. The van der Waals surface area contributed by atoms with Crippen molar-refractivity contribution in [1.82, 2.24) is 15.1 Å². The maximum atomic E-state index is 14.3. The molecule has 0 saturated heterocycles. The van der Waals surface area contributed by atoms with E-state index in [4.69, 9.17) is 4.74 Å². The second kappa shape index (κ2) is 8.79. The fourth-order valence-electron chi connectivity index (χ4n) is 3.80. The molecular formula is C24H26FN3O2. The molecule has 0 fully saturated rings. The van der Waals surface area contributed by atoms with Gasteiger partial charge in [-0.05, 0) is 56.4 Å². The van der Waals surface area contributed by atoms with Gasteiger partial charge in [0.05, 0.1) is 12.7 Å². The van der Waals surface area contributed by atoms with Crippen molar-refractivity contribution in [1.29, 1.82) is 0 Å². The highest BCUT2D eigenvalue weighted by Crippen LogP contribution is 2.28. The van der Waals surface area contributed by atoms with Crippen LogP contribution in [-0.4, -0.2) is 21.8 Å². The molecule has 1 aliphatic carbocycles. The Morgan fingerprint density at radius 1 is 1.17 bits per heavy atom. The lowest BCUT2D eigenvalue weighted by Crippen LogP contribution is -2.24. The lowest BCUT2D eigenvalue weighted by Gasteiger charge is -2.10. The van der Waals surface area contributed by atoms with Crippen molar-refractivity contribution in [3.05, 3.63) is 82.4 Å². The zero-order valence-corrected chi connectivity index (χ0v) is 17.3. The van der Waals surface area contributed by atoms with Crippen molar-refractivity contribution < 1.29 is 13.9 Å². The number of amides is 1. The first-order valence-electron chi connectivity index (χ1n) is 10.4. The number of ether oxygens (including phenoxy) is 1. The Morgan fingerprint density at radius 2 is 1.97 bits per heavy atom. The Bertz CT molecular complexity index is 1060. The second-order valence-electron chi connectivity index (χ2n) is 7.85. The third kappa shape index (κ3) is 4.28. The Labute approximate surface area is 175 Å². The largest absolute Gasteiger partial charge is 0.374 e. The van der Waals surface area contributed by atoms with Crippen molar-refractivity contribution in [3.8, 4) is 5.69 Å². The van der Waals surface area contributed by atoms with Crippen LogP contribution >= 0.6 is 0 Å². The quantitative estimate of drug-likeness (QED) is 0.633. The van der Waals surface area contributed by atoms with E-state index < -0.39 is 0 Å². The summed E-state index contributed by atoms with van der Waals surface area (Å²) in [6.45, 7) is 4.95. The summed E-state index contributed by atoms with van der Waals surface area (Å²) in [5, 5.41) is 7.45. The smallest absolute Gasteiger partial charge is 0.272 e. The van der Waals surface area contributed by atoms with Crippen LogP contribution in [0.1, 0.15) is 53.1 Å². The number of rotatable bonds is 7. The van der Waals surface area contributed by atoms with Gasteiger partial charge in [0.1, 0.15) is 11.5 Å². The molecule has 3 aromatic rings. The van der Waals surface area contributed by atoms with Gasteiger partial charge in [0.25, 0.3) is 5.91 Å². The Hall–Kier alpha value is -2.99. The number of carbonyl (C=O) groups excluding carboxylic acids is 1. The molecule has 5 nitrogen and oxygen atoms in total. The van der Waals surface area contributed by atoms with Gasteiger partial charge < -0.3 is 10.1 Å². The van der Waals surface area contributed by atoms with Crippen LogP contribution in [0.2, 0.25) is 0 Å². The molecule has 1 heterocycles. The maximum Gasteiger partial charge on any atom is 0.272 e. The van der Waals surface area contributed by atoms with E-state index in [1.807, 2.05) is 38.1 Å². The van der Waals surface area contributed by atoms with Crippen LogP contribution in [0.25, 0.3) is 5.69 Å². The van der Waals surface area contributed by atoms with Crippen LogP contribution in [-0.2, 0) is 30.7 Å². The first-order valence-corrected chi connectivity index (χ1v) is 10.4. The van der Waals surface area contributed by atoms with E-state index in [2.05, 4.69) is 10.4 Å². The molecule has 0 aliphatic heterocycles. The summed E-state index contributed by atoms with van der Waals surface area (Å²) in [6.07, 6.45) is 2.69. The maximum absolute atomic E-state index is 14.3. The number of hydrogen-bond donors (Lipinski definition) is 1.